The zero-order valence-electron chi connectivity index (χ0n) is 9.08. The van der Waals surface area contributed by atoms with E-state index in [-0.39, 0.29) is 0 Å². The first-order chi connectivity index (χ1) is 9.40. The fourth-order valence-corrected chi connectivity index (χ4v) is 1.53. The van der Waals surface area contributed by atoms with Crippen molar-refractivity contribution < 1.29 is 27.3 Å². The molecule has 0 amide bonds. The Kier molecular flexibility index (Phi) is 2.12. The summed E-state index contributed by atoms with van der Waals surface area (Å²) in [6.07, 6.45) is 0. The summed E-state index contributed by atoms with van der Waals surface area (Å²) < 4.78 is 17.5. The molecule has 100 valence electrons. The highest BCUT2D eigenvalue weighted by Gasteiger charge is 2.41. The number of hydrogen-bond donors (Lipinski definition) is 0. The van der Waals surface area contributed by atoms with Crippen molar-refractivity contribution >= 4 is 11.6 Å². The molecule has 10 heteroatoms. The summed E-state index contributed by atoms with van der Waals surface area (Å²) in [6, 6.07) is 0. The van der Waals surface area contributed by atoms with E-state index < -0.39 is 57.1 Å². The first-order valence-corrected chi connectivity index (χ1v) is 4.86. The van der Waals surface area contributed by atoms with Crippen LogP contribution in [0.5, 0.6) is 0 Å². The van der Waals surface area contributed by atoms with Gasteiger partial charge in [-0.2, -0.15) is 0 Å². The predicted molar refractivity (Wildman–Crippen MR) is 54.7 cm³/mol. The molecule has 1 aliphatic carbocycles. The Hall–Kier alpha value is -3.30. The van der Waals surface area contributed by atoms with Gasteiger partial charge in [-0.15, -0.1) is 0 Å². The number of rotatable bonds is 0. The number of hydrogen-bond acceptors (Lipinski definition) is 10. The minimum absolute atomic E-state index is 0.768. The van der Waals surface area contributed by atoms with E-state index in [0.29, 0.717) is 0 Å². The van der Waals surface area contributed by atoms with Crippen LogP contribution in [0, 0.1) is 0 Å². The fraction of sp³-hybridized carbons (Fsp3) is 0. The van der Waals surface area contributed by atoms with Crippen LogP contribution in [0.15, 0.2) is 36.8 Å². The highest BCUT2D eigenvalue weighted by atomic mass is 16.5. The third kappa shape index (κ3) is 1.38. The summed E-state index contributed by atoms with van der Waals surface area (Å²) in [6.45, 7) is 0. The third-order valence-corrected chi connectivity index (χ3v) is 2.35. The van der Waals surface area contributed by atoms with Gasteiger partial charge in [0, 0.05) is 0 Å². The fourth-order valence-electron chi connectivity index (χ4n) is 1.53. The van der Waals surface area contributed by atoms with E-state index >= 15 is 0 Å². The van der Waals surface area contributed by atoms with Gasteiger partial charge >= 0.3 is 22.5 Å². The maximum atomic E-state index is 11.6. The average molecular weight is 280 g/mol. The molecule has 2 aromatic rings. The molecule has 2 aromatic heterocycles. The minimum atomic E-state index is -1.52. The first kappa shape index (κ1) is 11.8. The zero-order valence-corrected chi connectivity index (χ0v) is 9.08. The Morgan fingerprint density at radius 3 is 0.950 bits per heavy atom. The molecule has 0 aromatic carbocycles. The standard InChI is InChI=1S/C10O10/c11-1-2(12)4-6(20-10(16)8(14)18-4)5-3(1)17-7(13)9(15)19-5. The molecule has 0 radical (unpaired) electrons. The maximum Gasteiger partial charge on any atom is 0.423 e. The lowest BCUT2D eigenvalue weighted by atomic mass is 10.0. The van der Waals surface area contributed by atoms with Crippen LogP contribution in [0.4, 0.5) is 0 Å². The number of Topliss-reactive ketones (excluding diaryl/α,β-unsaturated/α-hetero) is 2. The summed E-state index contributed by atoms with van der Waals surface area (Å²) in [5, 5.41) is 0. The van der Waals surface area contributed by atoms with E-state index in [1.807, 2.05) is 0 Å². The number of carbonyl (C=O) groups is 2. The van der Waals surface area contributed by atoms with Crippen molar-refractivity contribution in [2.45, 2.75) is 0 Å². The highest BCUT2D eigenvalue weighted by Crippen LogP contribution is 2.29. The lowest BCUT2D eigenvalue weighted by molar-refractivity contribution is 0.0764. The summed E-state index contributed by atoms with van der Waals surface area (Å²) in [4.78, 5) is 67.3. The second kappa shape index (κ2) is 3.60. The van der Waals surface area contributed by atoms with Crippen LogP contribution in [0.25, 0.3) is 11.5 Å². The molecule has 0 saturated carbocycles. The second-order valence-corrected chi connectivity index (χ2v) is 3.53. The van der Waals surface area contributed by atoms with Gasteiger partial charge in [0.05, 0.1) is 0 Å². The van der Waals surface area contributed by atoms with Gasteiger partial charge in [-0.3, -0.25) is 9.59 Å². The van der Waals surface area contributed by atoms with Gasteiger partial charge < -0.3 is 17.7 Å². The number of fused-ring (bicyclic) bond motifs is 3. The summed E-state index contributed by atoms with van der Waals surface area (Å²) >= 11 is 0. The molecule has 0 unspecified atom stereocenters. The van der Waals surface area contributed by atoms with E-state index in [9.17, 15) is 28.8 Å². The van der Waals surface area contributed by atoms with Crippen molar-refractivity contribution in [3.8, 4) is 11.5 Å². The molecule has 20 heavy (non-hydrogen) atoms. The quantitative estimate of drug-likeness (QED) is 0.522. The second-order valence-electron chi connectivity index (χ2n) is 3.53. The summed E-state index contributed by atoms with van der Waals surface area (Å²) in [7, 11) is 0. The Balaban J connectivity index is 2.55. The SMILES string of the molecule is O=C1C(=O)c2oc(=O)c(=O)oc2-c2oc(=O)c(=O)oc21. The molecule has 0 atom stereocenters. The smallest absolute Gasteiger partial charge is 0.410 e. The molecule has 0 aliphatic heterocycles. The van der Waals surface area contributed by atoms with E-state index in [0.717, 1.165) is 0 Å². The topological polar surface area (TPSA) is 155 Å². The summed E-state index contributed by atoms with van der Waals surface area (Å²) in [5.74, 6) is -6.13. The van der Waals surface area contributed by atoms with Crippen molar-refractivity contribution in [1.29, 1.82) is 0 Å². The molecular weight excluding hydrogens is 280 g/mol. The van der Waals surface area contributed by atoms with E-state index in [1.165, 1.54) is 0 Å². The average Bonchev–Trinajstić information content (AvgIpc) is 2.41. The normalized spacial score (nSPS) is 13.0. The monoisotopic (exact) mass is 280 g/mol. The van der Waals surface area contributed by atoms with Crippen LogP contribution in [0.2, 0.25) is 0 Å². The van der Waals surface area contributed by atoms with Gasteiger partial charge in [-0.05, 0) is 0 Å². The molecular formula is C10O10. The molecule has 0 bridgehead atoms. The van der Waals surface area contributed by atoms with Crippen molar-refractivity contribution in [2.75, 3.05) is 0 Å². The van der Waals surface area contributed by atoms with E-state index in [4.69, 9.17) is 0 Å². The van der Waals surface area contributed by atoms with Crippen LogP contribution in [0.1, 0.15) is 21.1 Å². The molecule has 0 N–H and O–H groups in total. The lowest BCUT2D eigenvalue weighted by Crippen LogP contribution is -2.32. The van der Waals surface area contributed by atoms with Crippen LogP contribution in [-0.4, -0.2) is 11.6 Å². The Bertz CT molecular complexity index is 924. The van der Waals surface area contributed by atoms with Gasteiger partial charge in [0.1, 0.15) is 0 Å². The lowest BCUT2D eigenvalue weighted by Gasteiger charge is -2.09. The van der Waals surface area contributed by atoms with Crippen LogP contribution >= 0.6 is 0 Å². The van der Waals surface area contributed by atoms with E-state index in [2.05, 4.69) is 17.7 Å². The minimum Gasteiger partial charge on any atom is -0.410 e. The van der Waals surface area contributed by atoms with Crippen LogP contribution in [0.3, 0.4) is 0 Å². The van der Waals surface area contributed by atoms with Crippen molar-refractivity contribution in [2.24, 2.45) is 0 Å². The Morgan fingerprint density at radius 2 is 0.650 bits per heavy atom. The zero-order chi connectivity index (χ0) is 14.6. The molecule has 0 saturated heterocycles. The predicted octanol–water partition coefficient (Wildman–Crippen LogP) is -1.45. The maximum absolute atomic E-state index is 11.6. The van der Waals surface area contributed by atoms with Gasteiger partial charge in [-0.1, -0.05) is 0 Å². The Morgan fingerprint density at radius 1 is 0.400 bits per heavy atom. The van der Waals surface area contributed by atoms with Gasteiger partial charge in [0.2, 0.25) is 23.0 Å². The number of ketones is 2. The summed E-state index contributed by atoms with van der Waals surface area (Å²) in [5.41, 5.74) is -6.03. The number of carbonyl (C=O) groups excluding carboxylic acids is 2. The van der Waals surface area contributed by atoms with Crippen LogP contribution < -0.4 is 22.5 Å². The third-order valence-electron chi connectivity index (χ3n) is 2.35. The molecule has 2 heterocycles. The van der Waals surface area contributed by atoms with E-state index in [1.54, 1.807) is 0 Å². The Labute approximate surface area is 104 Å². The van der Waals surface area contributed by atoms with Gasteiger partial charge in [-0.25, -0.2) is 19.2 Å². The molecule has 0 fully saturated rings. The van der Waals surface area contributed by atoms with Gasteiger partial charge in [0.15, 0.2) is 0 Å². The largest absolute Gasteiger partial charge is 0.423 e. The van der Waals surface area contributed by atoms with Crippen molar-refractivity contribution in [1.82, 2.24) is 0 Å². The molecule has 1 aliphatic rings. The van der Waals surface area contributed by atoms with Gasteiger partial charge in [0.25, 0.3) is 11.6 Å². The highest BCUT2D eigenvalue weighted by molar-refractivity contribution is 6.50. The molecule has 10 nitrogen and oxygen atoms in total. The van der Waals surface area contributed by atoms with Crippen molar-refractivity contribution in [3.63, 3.8) is 0 Å². The first-order valence-electron chi connectivity index (χ1n) is 4.86. The van der Waals surface area contributed by atoms with Crippen LogP contribution in [-0.2, 0) is 0 Å². The molecule has 3 rings (SSSR count). The van der Waals surface area contributed by atoms with Crippen molar-refractivity contribution in [3.05, 3.63) is 53.2 Å². The molecule has 0 spiro atoms.